The van der Waals surface area contributed by atoms with Gasteiger partial charge in [0.15, 0.2) is 11.5 Å². The van der Waals surface area contributed by atoms with Crippen molar-refractivity contribution in [2.75, 3.05) is 23.2 Å². The van der Waals surface area contributed by atoms with Crippen LogP contribution in [0.5, 0.6) is 11.5 Å². The van der Waals surface area contributed by atoms with Crippen LogP contribution in [-0.2, 0) is 0 Å². The molecule has 1 aliphatic rings. The Morgan fingerprint density at radius 2 is 1.90 bits per heavy atom. The van der Waals surface area contributed by atoms with Crippen LogP contribution in [0.15, 0.2) is 36.4 Å². The molecule has 0 bridgehead atoms. The molecule has 0 unspecified atom stereocenters. The molecule has 0 aromatic heterocycles. The highest BCUT2D eigenvalue weighted by molar-refractivity contribution is 6.34. The summed E-state index contributed by atoms with van der Waals surface area (Å²) in [6, 6.07) is 9.58. The molecule has 2 aromatic carbocycles. The van der Waals surface area contributed by atoms with Gasteiger partial charge in [-0.1, -0.05) is 11.6 Å². The first-order valence-corrected chi connectivity index (χ1v) is 6.52. The topological polar surface area (TPSA) is 85.6 Å². The molecule has 1 heterocycles. The van der Waals surface area contributed by atoms with E-state index in [2.05, 4.69) is 10.6 Å². The predicted octanol–water partition coefficient (Wildman–Crippen LogP) is 3.29. The molecule has 7 heteroatoms. The second-order valence-electron chi connectivity index (χ2n) is 4.39. The Hall–Kier alpha value is -2.60. The van der Waals surface area contributed by atoms with Crippen LogP contribution in [0.2, 0.25) is 5.02 Å². The molecule has 2 amide bonds. The number of nitrogens with two attached hydrogens (primary N) is 1. The van der Waals surface area contributed by atoms with Gasteiger partial charge in [0.25, 0.3) is 0 Å². The van der Waals surface area contributed by atoms with Crippen molar-refractivity contribution in [3.8, 4) is 11.5 Å². The van der Waals surface area contributed by atoms with Gasteiger partial charge in [-0.15, -0.1) is 0 Å². The molecule has 0 saturated heterocycles. The van der Waals surface area contributed by atoms with Crippen LogP contribution in [0.1, 0.15) is 0 Å². The third kappa shape index (κ3) is 2.95. The molecular weight excluding hydrogens is 294 g/mol. The number of hydrogen-bond donors (Lipinski definition) is 3. The van der Waals surface area contributed by atoms with Gasteiger partial charge in [0.05, 0.1) is 10.7 Å². The van der Waals surface area contributed by atoms with Crippen molar-refractivity contribution in [2.24, 2.45) is 0 Å². The van der Waals surface area contributed by atoms with E-state index in [1.807, 2.05) is 0 Å². The van der Waals surface area contributed by atoms with E-state index in [-0.39, 0.29) is 6.79 Å². The van der Waals surface area contributed by atoms with E-state index in [1.165, 1.54) is 0 Å². The van der Waals surface area contributed by atoms with Crippen molar-refractivity contribution >= 4 is 34.7 Å². The summed E-state index contributed by atoms with van der Waals surface area (Å²) in [7, 11) is 0. The van der Waals surface area contributed by atoms with E-state index in [0.29, 0.717) is 33.6 Å². The van der Waals surface area contributed by atoms with Crippen LogP contribution >= 0.6 is 11.6 Å². The van der Waals surface area contributed by atoms with E-state index in [1.54, 1.807) is 36.4 Å². The van der Waals surface area contributed by atoms with Gasteiger partial charge < -0.3 is 25.8 Å². The SMILES string of the molecule is Nc1ccc(NC(=O)Nc2ccc3c(c2)OCO3)c(Cl)c1. The molecule has 0 atom stereocenters. The summed E-state index contributed by atoms with van der Waals surface area (Å²) in [6.07, 6.45) is 0. The lowest BCUT2D eigenvalue weighted by atomic mass is 10.2. The quantitative estimate of drug-likeness (QED) is 0.743. The average molecular weight is 306 g/mol. The summed E-state index contributed by atoms with van der Waals surface area (Å²) in [4.78, 5) is 11.9. The first-order chi connectivity index (χ1) is 10.1. The summed E-state index contributed by atoms with van der Waals surface area (Å²) in [5, 5.41) is 5.70. The molecule has 3 rings (SSSR count). The van der Waals surface area contributed by atoms with Crippen LogP contribution in [0.4, 0.5) is 21.9 Å². The number of carbonyl (C=O) groups excluding carboxylic acids is 1. The molecule has 4 N–H and O–H groups in total. The molecule has 2 aromatic rings. The summed E-state index contributed by atoms with van der Waals surface area (Å²) >= 11 is 5.99. The number of carbonyl (C=O) groups is 1. The maximum Gasteiger partial charge on any atom is 0.323 e. The van der Waals surface area contributed by atoms with Gasteiger partial charge in [0.2, 0.25) is 6.79 Å². The zero-order chi connectivity index (χ0) is 14.8. The van der Waals surface area contributed by atoms with Crippen molar-refractivity contribution < 1.29 is 14.3 Å². The number of rotatable bonds is 2. The van der Waals surface area contributed by atoms with Crippen LogP contribution in [0.25, 0.3) is 0 Å². The second kappa shape index (κ2) is 5.41. The third-order valence-electron chi connectivity index (χ3n) is 2.87. The number of amides is 2. The summed E-state index contributed by atoms with van der Waals surface area (Å²) in [5.41, 5.74) is 7.19. The first-order valence-electron chi connectivity index (χ1n) is 6.14. The number of benzene rings is 2. The number of urea groups is 1. The summed E-state index contributed by atoms with van der Waals surface area (Å²) in [6.45, 7) is 0.187. The Balaban J connectivity index is 1.69. The number of nitrogen functional groups attached to an aromatic ring is 1. The Labute approximate surface area is 125 Å². The fourth-order valence-electron chi connectivity index (χ4n) is 1.89. The number of nitrogens with one attached hydrogen (secondary N) is 2. The molecule has 0 spiro atoms. The molecule has 108 valence electrons. The number of ether oxygens (including phenoxy) is 2. The molecule has 0 radical (unpaired) electrons. The Bertz CT molecular complexity index is 706. The summed E-state index contributed by atoms with van der Waals surface area (Å²) in [5.74, 6) is 1.25. The zero-order valence-corrected chi connectivity index (χ0v) is 11.6. The van der Waals surface area contributed by atoms with Crippen LogP contribution in [0.3, 0.4) is 0 Å². The van der Waals surface area contributed by atoms with Gasteiger partial charge in [-0.3, -0.25) is 0 Å². The Kier molecular flexibility index (Phi) is 3.45. The molecule has 6 nitrogen and oxygen atoms in total. The Morgan fingerprint density at radius 3 is 2.71 bits per heavy atom. The number of hydrogen-bond acceptors (Lipinski definition) is 4. The van der Waals surface area contributed by atoms with Gasteiger partial charge in [-0.25, -0.2) is 4.79 Å². The lowest BCUT2D eigenvalue weighted by Gasteiger charge is -2.10. The minimum Gasteiger partial charge on any atom is -0.454 e. The molecule has 1 aliphatic heterocycles. The van der Waals surface area contributed by atoms with E-state index in [9.17, 15) is 4.79 Å². The zero-order valence-electron chi connectivity index (χ0n) is 10.9. The summed E-state index contributed by atoms with van der Waals surface area (Å²) < 4.78 is 10.4. The third-order valence-corrected chi connectivity index (χ3v) is 3.18. The normalized spacial score (nSPS) is 12.0. The Morgan fingerprint density at radius 1 is 1.10 bits per heavy atom. The first kappa shape index (κ1) is 13.4. The van der Waals surface area contributed by atoms with E-state index in [0.717, 1.165) is 0 Å². The lowest BCUT2D eigenvalue weighted by Crippen LogP contribution is -2.19. The maximum absolute atomic E-state index is 11.9. The van der Waals surface area contributed by atoms with E-state index in [4.69, 9.17) is 26.8 Å². The standard InChI is InChI=1S/C14H12ClN3O3/c15-10-5-8(16)1-3-11(10)18-14(19)17-9-2-4-12-13(6-9)21-7-20-12/h1-6H,7,16H2,(H2,17,18,19). The van der Waals surface area contributed by atoms with Crippen molar-refractivity contribution in [3.63, 3.8) is 0 Å². The largest absolute Gasteiger partial charge is 0.454 e. The minimum atomic E-state index is -0.416. The van der Waals surface area contributed by atoms with Crippen LogP contribution < -0.4 is 25.8 Å². The van der Waals surface area contributed by atoms with Crippen LogP contribution in [-0.4, -0.2) is 12.8 Å². The second-order valence-corrected chi connectivity index (χ2v) is 4.79. The van der Waals surface area contributed by atoms with Gasteiger partial charge >= 0.3 is 6.03 Å². The predicted molar refractivity (Wildman–Crippen MR) is 81.1 cm³/mol. The number of anilines is 3. The smallest absolute Gasteiger partial charge is 0.323 e. The molecule has 0 saturated carbocycles. The average Bonchev–Trinajstić information content (AvgIpc) is 2.89. The van der Waals surface area contributed by atoms with Crippen molar-refractivity contribution in [2.45, 2.75) is 0 Å². The van der Waals surface area contributed by atoms with E-state index < -0.39 is 6.03 Å². The minimum absolute atomic E-state index is 0.187. The van der Waals surface area contributed by atoms with Gasteiger partial charge in [-0.05, 0) is 30.3 Å². The number of halogens is 1. The molecular formula is C14H12ClN3O3. The van der Waals surface area contributed by atoms with Crippen molar-refractivity contribution in [1.29, 1.82) is 0 Å². The van der Waals surface area contributed by atoms with Crippen molar-refractivity contribution in [3.05, 3.63) is 41.4 Å². The molecule has 0 fully saturated rings. The van der Waals surface area contributed by atoms with Crippen molar-refractivity contribution in [1.82, 2.24) is 0 Å². The van der Waals surface area contributed by atoms with Gasteiger partial charge in [0.1, 0.15) is 0 Å². The number of fused-ring (bicyclic) bond motifs is 1. The van der Waals surface area contributed by atoms with Gasteiger partial charge in [0, 0.05) is 17.4 Å². The maximum atomic E-state index is 11.9. The van der Waals surface area contributed by atoms with E-state index >= 15 is 0 Å². The molecule has 21 heavy (non-hydrogen) atoms. The highest BCUT2D eigenvalue weighted by atomic mass is 35.5. The molecule has 0 aliphatic carbocycles. The fourth-order valence-corrected chi connectivity index (χ4v) is 2.13. The highest BCUT2D eigenvalue weighted by Gasteiger charge is 2.14. The van der Waals surface area contributed by atoms with Gasteiger partial charge in [-0.2, -0.15) is 0 Å². The lowest BCUT2D eigenvalue weighted by molar-refractivity contribution is 0.174. The monoisotopic (exact) mass is 305 g/mol. The highest BCUT2D eigenvalue weighted by Crippen LogP contribution is 2.34. The fraction of sp³-hybridized carbons (Fsp3) is 0.0714. The van der Waals surface area contributed by atoms with Crippen LogP contribution in [0, 0.1) is 0 Å².